The second-order valence-corrected chi connectivity index (χ2v) is 8.60. The molecular weight excluding hydrogens is 412 g/mol. The standard InChI is InChI=1S/C32H22N2/c1-22-20-23(21-33)14-19-26(22)24-15-17-25(18-16-24)34-31-12-6-4-10-29(31)27-8-2-3-9-28(27)30-11-5-7-13-32(30)34/h2-20H,1H3. The summed E-state index contributed by atoms with van der Waals surface area (Å²) in [5, 5.41) is 9.20. The number of hydrogen-bond acceptors (Lipinski definition) is 2. The van der Waals surface area contributed by atoms with Crippen LogP contribution in [-0.4, -0.2) is 0 Å². The molecule has 0 unspecified atom stereocenters. The summed E-state index contributed by atoms with van der Waals surface area (Å²) in [4.78, 5) is 2.36. The summed E-state index contributed by atoms with van der Waals surface area (Å²) in [7, 11) is 0. The van der Waals surface area contributed by atoms with E-state index in [0.29, 0.717) is 5.56 Å². The molecule has 2 heteroatoms. The summed E-state index contributed by atoms with van der Waals surface area (Å²) in [6.07, 6.45) is 0. The molecule has 0 aliphatic carbocycles. The van der Waals surface area contributed by atoms with Crippen molar-refractivity contribution in [2.45, 2.75) is 6.92 Å². The largest absolute Gasteiger partial charge is 0.309 e. The third-order valence-electron chi connectivity index (χ3n) is 6.59. The lowest BCUT2D eigenvalue weighted by Crippen LogP contribution is -2.10. The number of nitrogens with zero attached hydrogens (tertiary/aromatic N) is 2. The number of nitriles is 1. The van der Waals surface area contributed by atoms with Crippen LogP contribution in [-0.2, 0) is 0 Å². The molecule has 0 radical (unpaired) electrons. The van der Waals surface area contributed by atoms with Gasteiger partial charge in [0.1, 0.15) is 0 Å². The molecule has 34 heavy (non-hydrogen) atoms. The summed E-state index contributed by atoms with van der Waals surface area (Å²) >= 11 is 0. The van der Waals surface area contributed by atoms with Crippen molar-refractivity contribution in [2.24, 2.45) is 0 Å². The SMILES string of the molecule is Cc1cc(C#N)ccc1-c1ccc(N2c3ccccc3-c3ccccc3-c3ccccc32)cc1. The van der Waals surface area contributed by atoms with Crippen molar-refractivity contribution in [3.8, 4) is 39.4 Å². The summed E-state index contributed by atoms with van der Waals surface area (Å²) in [6, 6.07) is 42.7. The normalized spacial score (nSPS) is 11.6. The van der Waals surface area contributed by atoms with E-state index >= 15 is 0 Å². The van der Waals surface area contributed by atoms with Crippen molar-refractivity contribution in [1.29, 1.82) is 5.26 Å². The Morgan fingerprint density at radius 3 is 1.62 bits per heavy atom. The molecule has 0 N–H and O–H groups in total. The fourth-order valence-corrected chi connectivity index (χ4v) is 5.00. The Kier molecular flexibility index (Phi) is 4.75. The van der Waals surface area contributed by atoms with Crippen molar-refractivity contribution in [3.63, 3.8) is 0 Å². The minimum Gasteiger partial charge on any atom is -0.309 e. The minimum atomic E-state index is 0.690. The molecule has 0 saturated carbocycles. The number of fused-ring (bicyclic) bond motifs is 5. The van der Waals surface area contributed by atoms with Crippen LogP contribution in [0.3, 0.4) is 0 Å². The minimum absolute atomic E-state index is 0.690. The van der Waals surface area contributed by atoms with Crippen molar-refractivity contribution in [1.82, 2.24) is 0 Å². The van der Waals surface area contributed by atoms with Crippen molar-refractivity contribution >= 4 is 17.1 Å². The van der Waals surface area contributed by atoms with Gasteiger partial charge in [-0.15, -0.1) is 0 Å². The molecule has 0 aromatic heterocycles. The average Bonchev–Trinajstić information content (AvgIpc) is 3.02. The van der Waals surface area contributed by atoms with Crippen LogP contribution >= 0.6 is 0 Å². The fraction of sp³-hybridized carbons (Fsp3) is 0.0312. The Hall–Kier alpha value is -4.61. The molecule has 0 amide bonds. The zero-order valence-electron chi connectivity index (χ0n) is 18.9. The molecule has 160 valence electrons. The maximum atomic E-state index is 9.20. The molecule has 1 aliphatic heterocycles. The van der Waals surface area contributed by atoms with Crippen LogP contribution in [0.2, 0.25) is 0 Å². The Morgan fingerprint density at radius 1 is 0.559 bits per heavy atom. The molecular formula is C32H22N2. The van der Waals surface area contributed by atoms with Crippen molar-refractivity contribution in [3.05, 3.63) is 126 Å². The molecule has 0 fully saturated rings. The Bertz CT molecular complexity index is 1510. The van der Waals surface area contributed by atoms with Gasteiger partial charge in [0.05, 0.1) is 23.0 Å². The number of aryl methyl sites for hydroxylation is 1. The molecule has 0 spiro atoms. The van der Waals surface area contributed by atoms with Crippen LogP contribution in [0.4, 0.5) is 17.1 Å². The highest BCUT2D eigenvalue weighted by Gasteiger charge is 2.25. The maximum absolute atomic E-state index is 9.20. The van der Waals surface area contributed by atoms with Gasteiger partial charge in [-0.05, 0) is 71.1 Å². The first kappa shape index (κ1) is 20.0. The Balaban J connectivity index is 1.53. The fourth-order valence-electron chi connectivity index (χ4n) is 5.00. The van der Waals surface area contributed by atoms with E-state index in [1.54, 1.807) is 0 Å². The van der Waals surface area contributed by atoms with Crippen LogP contribution in [0.5, 0.6) is 0 Å². The quantitative estimate of drug-likeness (QED) is 0.273. The molecule has 5 aromatic carbocycles. The molecule has 2 nitrogen and oxygen atoms in total. The van der Waals surface area contributed by atoms with Gasteiger partial charge in [0, 0.05) is 16.8 Å². The van der Waals surface area contributed by atoms with E-state index in [1.165, 1.54) is 33.6 Å². The van der Waals surface area contributed by atoms with Gasteiger partial charge in [-0.2, -0.15) is 5.26 Å². The lowest BCUT2D eigenvalue weighted by Gasteiger charge is -2.27. The highest BCUT2D eigenvalue weighted by Crippen LogP contribution is 2.50. The highest BCUT2D eigenvalue weighted by atomic mass is 15.1. The van der Waals surface area contributed by atoms with Crippen LogP contribution < -0.4 is 4.90 Å². The first-order valence-corrected chi connectivity index (χ1v) is 11.4. The van der Waals surface area contributed by atoms with Gasteiger partial charge in [-0.25, -0.2) is 0 Å². The van der Waals surface area contributed by atoms with Crippen LogP contribution in [0.1, 0.15) is 11.1 Å². The smallest absolute Gasteiger partial charge is 0.0991 e. The van der Waals surface area contributed by atoms with Gasteiger partial charge in [0.25, 0.3) is 0 Å². The zero-order valence-corrected chi connectivity index (χ0v) is 18.9. The van der Waals surface area contributed by atoms with Crippen molar-refractivity contribution in [2.75, 3.05) is 4.90 Å². The summed E-state index contributed by atoms with van der Waals surface area (Å²) in [5.41, 5.74) is 12.5. The first-order chi connectivity index (χ1) is 16.7. The molecule has 0 bridgehead atoms. The van der Waals surface area contributed by atoms with Crippen LogP contribution in [0.15, 0.2) is 115 Å². The predicted octanol–water partition coefficient (Wildman–Crippen LogP) is 8.65. The summed E-state index contributed by atoms with van der Waals surface area (Å²) in [6.45, 7) is 2.06. The van der Waals surface area contributed by atoms with Gasteiger partial charge >= 0.3 is 0 Å². The van der Waals surface area contributed by atoms with Gasteiger partial charge < -0.3 is 4.90 Å². The molecule has 0 saturated heterocycles. The van der Waals surface area contributed by atoms with Crippen LogP contribution in [0.25, 0.3) is 33.4 Å². The Labute approximate surface area is 200 Å². The van der Waals surface area contributed by atoms with E-state index in [-0.39, 0.29) is 0 Å². The second kappa shape index (κ2) is 8.06. The zero-order chi connectivity index (χ0) is 23.1. The van der Waals surface area contributed by atoms with Gasteiger partial charge in [0.15, 0.2) is 0 Å². The third kappa shape index (κ3) is 3.18. The highest BCUT2D eigenvalue weighted by molar-refractivity contribution is 6.02. The lowest BCUT2D eigenvalue weighted by atomic mass is 9.95. The van der Waals surface area contributed by atoms with E-state index in [4.69, 9.17) is 0 Å². The van der Waals surface area contributed by atoms with Gasteiger partial charge in [0.2, 0.25) is 0 Å². The number of anilines is 3. The predicted molar refractivity (Wildman–Crippen MR) is 140 cm³/mol. The molecule has 6 rings (SSSR count). The molecule has 1 aliphatic rings. The number of benzene rings is 5. The van der Waals surface area contributed by atoms with Gasteiger partial charge in [-0.3, -0.25) is 0 Å². The Morgan fingerprint density at radius 2 is 1.09 bits per heavy atom. The van der Waals surface area contributed by atoms with Crippen molar-refractivity contribution < 1.29 is 0 Å². The number of para-hydroxylation sites is 2. The molecule has 5 aromatic rings. The lowest BCUT2D eigenvalue weighted by molar-refractivity contribution is 1.29. The topological polar surface area (TPSA) is 27.0 Å². The third-order valence-corrected chi connectivity index (χ3v) is 6.59. The van der Waals surface area contributed by atoms with E-state index < -0.39 is 0 Å². The number of hydrogen-bond donors (Lipinski definition) is 0. The van der Waals surface area contributed by atoms with Gasteiger partial charge in [-0.1, -0.05) is 78.9 Å². The van der Waals surface area contributed by atoms with Crippen LogP contribution in [0, 0.1) is 18.3 Å². The summed E-state index contributed by atoms with van der Waals surface area (Å²) in [5.74, 6) is 0. The average molecular weight is 435 g/mol. The van der Waals surface area contributed by atoms with E-state index in [9.17, 15) is 5.26 Å². The summed E-state index contributed by atoms with van der Waals surface area (Å²) < 4.78 is 0. The molecule has 1 heterocycles. The first-order valence-electron chi connectivity index (χ1n) is 11.4. The molecule has 0 atom stereocenters. The monoisotopic (exact) mass is 434 g/mol. The van der Waals surface area contributed by atoms with E-state index in [2.05, 4.69) is 115 Å². The number of rotatable bonds is 2. The maximum Gasteiger partial charge on any atom is 0.0991 e. The second-order valence-electron chi connectivity index (χ2n) is 8.60. The van der Waals surface area contributed by atoms with E-state index in [0.717, 1.165) is 22.4 Å². The van der Waals surface area contributed by atoms with E-state index in [1.807, 2.05) is 18.2 Å².